The quantitative estimate of drug-likeness (QED) is 0.899. The molecule has 2 aliphatic heterocycles. The summed E-state index contributed by atoms with van der Waals surface area (Å²) in [6.07, 6.45) is 5.77. The van der Waals surface area contributed by atoms with E-state index in [4.69, 9.17) is 0 Å². The summed E-state index contributed by atoms with van der Waals surface area (Å²) < 4.78 is 0. The predicted molar refractivity (Wildman–Crippen MR) is 94.4 cm³/mol. The maximum atomic E-state index is 13.0. The molecule has 25 heavy (non-hydrogen) atoms. The second-order valence-electron chi connectivity index (χ2n) is 8.05. The van der Waals surface area contributed by atoms with Gasteiger partial charge in [-0.1, -0.05) is 12.1 Å². The number of hydrogen-bond donors (Lipinski definition) is 1. The number of phenols is 1. The molecular weight excluding hydrogens is 316 g/mol. The van der Waals surface area contributed by atoms with Gasteiger partial charge in [0.25, 0.3) is 5.91 Å². The van der Waals surface area contributed by atoms with Crippen molar-refractivity contribution in [1.82, 2.24) is 9.80 Å². The zero-order valence-corrected chi connectivity index (χ0v) is 14.8. The first-order valence-electron chi connectivity index (χ1n) is 9.36. The van der Waals surface area contributed by atoms with Gasteiger partial charge in [0.05, 0.1) is 5.56 Å². The third-order valence-electron chi connectivity index (χ3n) is 6.10. The summed E-state index contributed by atoms with van der Waals surface area (Å²) in [6, 6.07) is 5.77. The van der Waals surface area contributed by atoms with Crippen molar-refractivity contribution in [3.8, 4) is 5.75 Å². The van der Waals surface area contributed by atoms with Crippen LogP contribution in [0.25, 0.3) is 0 Å². The predicted octanol–water partition coefficient (Wildman–Crippen LogP) is 2.71. The highest BCUT2D eigenvalue weighted by molar-refractivity contribution is 5.97. The van der Waals surface area contributed by atoms with Crippen molar-refractivity contribution in [1.29, 1.82) is 0 Å². The van der Waals surface area contributed by atoms with Crippen molar-refractivity contribution in [2.24, 2.45) is 5.41 Å². The summed E-state index contributed by atoms with van der Waals surface area (Å²) in [6.45, 7) is 4.02. The van der Waals surface area contributed by atoms with Gasteiger partial charge >= 0.3 is 0 Å². The molecule has 1 aromatic carbocycles. The number of rotatable bonds is 2. The van der Waals surface area contributed by atoms with Crippen LogP contribution in [0.15, 0.2) is 18.2 Å². The summed E-state index contributed by atoms with van der Waals surface area (Å²) in [4.78, 5) is 29.2. The lowest BCUT2D eigenvalue weighted by molar-refractivity contribution is -0.139. The van der Waals surface area contributed by atoms with E-state index in [2.05, 4.69) is 4.90 Å². The van der Waals surface area contributed by atoms with Crippen LogP contribution >= 0.6 is 0 Å². The molecule has 3 aliphatic rings. The van der Waals surface area contributed by atoms with E-state index in [9.17, 15) is 14.7 Å². The monoisotopic (exact) mass is 342 g/mol. The average molecular weight is 342 g/mol. The van der Waals surface area contributed by atoms with E-state index < -0.39 is 0 Å². The van der Waals surface area contributed by atoms with Gasteiger partial charge in [-0.05, 0) is 50.7 Å². The van der Waals surface area contributed by atoms with Crippen molar-refractivity contribution in [3.63, 3.8) is 0 Å². The summed E-state index contributed by atoms with van der Waals surface area (Å²) in [5.41, 5.74) is 1.15. The topological polar surface area (TPSA) is 60.9 Å². The Morgan fingerprint density at radius 1 is 1.24 bits per heavy atom. The lowest BCUT2D eigenvalue weighted by atomic mass is 9.73. The van der Waals surface area contributed by atoms with E-state index in [0.717, 1.165) is 50.8 Å². The van der Waals surface area contributed by atoms with Gasteiger partial charge in [-0.25, -0.2) is 0 Å². The number of phenolic OH excluding ortho intramolecular Hbond substituents is 1. The molecule has 1 atom stereocenters. The third-order valence-corrected chi connectivity index (χ3v) is 6.10. The molecule has 2 amide bonds. The molecule has 0 radical (unpaired) electrons. The van der Waals surface area contributed by atoms with Crippen LogP contribution in [0.5, 0.6) is 5.75 Å². The summed E-state index contributed by atoms with van der Waals surface area (Å²) in [5, 5.41) is 10.3. The van der Waals surface area contributed by atoms with Gasteiger partial charge in [-0.15, -0.1) is 0 Å². The number of aryl methyl sites for hydroxylation is 1. The number of carbonyl (C=O) groups excluding carboxylic acids is 2. The highest BCUT2D eigenvalue weighted by atomic mass is 16.3. The standard InChI is InChI=1S/C20H26N2O3/c1-14-4-2-5-16(18(14)24)19(25)21-11-3-9-20(12-21)10-8-17(23)22(13-20)15-6-7-15/h2,4-5,15,24H,3,6-13H2,1H3/t20-/m0/s1. The molecule has 1 aliphatic carbocycles. The largest absolute Gasteiger partial charge is 0.507 e. The third kappa shape index (κ3) is 3.00. The van der Waals surface area contributed by atoms with Crippen LogP contribution in [0.2, 0.25) is 0 Å². The van der Waals surface area contributed by atoms with Crippen LogP contribution in [0.4, 0.5) is 0 Å². The molecule has 3 fully saturated rings. The maximum Gasteiger partial charge on any atom is 0.257 e. The van der Waals surface area contributed by atoms with Gasteiger partial charge in [0.15, 0.2) is 0 Å². The Morgan fingerprint density at radius 2 is 2.04 bits per heavy atom. The molecule has 2 saturated heterocycles. The number of benzene rings is 1. The molecular formula is C20H26N2O3. The molecule has 5 heteroatoms. The van der Waals surface area contributed by atoms with Gasteiger partial charge in [-0.3, -0.25) is 9.59 Å². The smallest absolute Gasteiger partial charge is 0.257 e. The van der Waals surface area contributed by atoms with Gasteiger partial charge in [0.2, 0.25) is 5.91 Å². The van der Waals surface area contributed by atoms with Crippen molar-refractivity contribution in [2.75, 3.05) is 19.6 Å². The van der Waals surface area contributed by atoms with Crippen LogP contribution in [0, 0.1) is 12.3 Å². The molecule has 134 valence electrons. The van der Waals surface area contributed by atoms with E-state index in [0.29, 0.717) is 24.6 Å². The van der Waals surface area contributed by atoms with Gasteiger partial charge in [-0.2, -0.15) is 0 Å². The Kier molecular flexibility index (Phi) is 3.97. The van der Waals surface area contributed by atoms with Crippen molar-refractivity contribution < 1.29 is 14.7 Å². The van der Waals surface area contributed by atoms with Crippen LogP contribution in [0.3, 0.4) is 0 Å². The fraction of sp³-hybridized carbons (Fsp3) is 0.600. The van der Waals surface area contributed by atoms with Gasteiger partial charge in [0, 0.05) is 37.5 Å². The Bertz CT molecular complexity index is 713. The van der Waals surface area contributed by atoms with Crippen molar-refractivity contribution in [3.05, 3.63) is 29.3 Å². The number of nitrogens with zero attached hydrogens (tertiary/aromatic N) is 2. The van der Waals surface area contributed by atoms with Crippen molar-refractivity contribution >= 4 is 11.8 Å². The highest BCUT2D eigenvalue weighted by Crippen LogP contribution is 2.42. The number of carbonyl (C=O) groups is 2. The normalized spacial score (nSPS) is 27.0. The van der Waals surface area contributed by atoms with E-state index >= 15 is 0 Å². The minimum absolute atomic E-state index is 0.0316. The van der Waals surface area contributed by atoms with Crippen LogP contribution in [-0.2, 0) is 4.79 Å². The number of hydrogen-bond acceptors (Lipinski definition) is 3. The lowest BCUT2D eigenvalue weighted by Crippen LogP contribution is -2.55. The molecule has 1 spiro atoms. The molecule has 0 bridgehead atoms. The molecule has 0 unspecified atom stereocenters. The second kappa shape index (κ2) is 6.04. The SMILES string of the molecule is Cc1cccc(C(=O)N2CCC[C@]3(CCC(=O)N(C4CC4)C3)C2)c1O. The fourth-order valence-electron chi connectivity index (χ4n) is 4.48. The van der Waals surface area contributed by atoms with E-state index in [1.807, 2.05) is 24.0 Å². The van der Waals surface area contributed by atoms with E-state index in [-0.39, 0.29) is 23.0 Å². The Labute approximate surface area is 148 Å². The number of para-hydroxylation sites is 1. The number of likely N-dealkylation sites (tertiary alicyclic amines) is 2. The first-order chi connectivity index (χ1) is 12.0. The Hall–Kier alpha value is -2.04. The minimum atomic E-state index is -0.0878. The summed E-state index contributed by atoms with van der Waals surface area (Å²) in [7, 11) is 0. The van der Waals surface area contributed by atoms with Crippen LogP contribution in [0.1, 0.15) is 54.4 Å². The first kappa shape index (κ1) is 16.4. The molecule has 0 aromatic heterocycles. The van der Waals surface area contributed by atoms with Gasteiger partial charge < -0.3 is 14.9 Å². The molecule has 1 N–H and O–H groups in total. The molecule has 5 nitrogen and oxygen atoms in total. The molecule has 1 saturated carbocycles. The van der Waals surface area contributed by atoms with Crippen LogP contribution in [-0.4, -0.2) is 52.4 Å². The number of amides is 2. The molecule has 4 rings (SSSR count). The number of aromatic hydroxyl groups is 1. The highest BCUT2D eigenvalue weighted by Gasteiger charge is 2.46. The van der Waals surface area contributed by atoms with Crippen molar-refractivity contribution in [2.45, 2.75) is 51.5 Å². The Morgan fingerprint density at radius 3 is 2.80 bits per heavy atom. The van der Waals surface area contributed by atoms with E-state index in [1.54, 1.807) is 6.07 Å². The fourth-order valence-corrected chi connectivity index (χ4v) is 4.48. The second-order valence-corrected chi connectivity index (χ2v) is 8.05. The summed E-state index contributed by atoms with van der Waals surface area (Å²) >= 11 is 0. The Balaban J connectivity index is 1.53. The molecule has 2 heterocycles. The first-order valence-corrected chi connectivity index (χ1v) is 9.36. The average Bonchev–Trinajstić information content (AvgIpc) is 3.44. The molecule has 1 aromatic rings. The summed E-state index contributed by atoms with van der Waals surface area (Å²) in [5.74, 6) is 0.286. The maximum absolute atomic E-state index is 13.0. The lowest BCUT2D eigenvalue weighted by Gasteiger charge is -2.48. The minimum Gasteiger partial charge on any atom is -0.507 e. The zero-order valence-electron chi connectivity index (χ0n) is 14.8. The zero-order chi connectivity index (χ0) is 17.6. The van der Waals surface area contributed by atoms with Gasteiger partial charge in [0.1, 0.15) is 5.75 Å². The number of piperidine rings is 2. The van der Waals surface area contributed by atoms with E-state index in [1.165, 1.54) is 0 Å². The van der Waals surface area contributed by atoms with Crippen LogP contribution < -0.4 is 0 Å².